The van der Waals surface area contributed by atoms with Crippen LogP contribution >= 0.6 is 11.3 Å². The molecule has 0 aliphatic carbocycles. The summed E-state index contributed by atoms with van der Waals surface area (Å²) in [5, 5.41) is 17.9. The van der Waals surface area contributed by atoms with Crippen LogP contribution in [0.3, 0.4) is 0 Å². The molecule has 1 atom stereocenters. The summed E-state index contributed by atoms with van der Waals surface area (Å²) < 4.78 is 0. The maximum absolute atomic E-state index is 12.0. The van der Waals surface area contributed by atoms with Gasteiger partial charge in [-0.25, -0.2) is 0 Å². The zero-order valence-electron chi connectivity index (χ0n) is 13.3. The molecule has 1 aromatic carbocycles. The summed E-state index contributed by atoms with van der Waals surface area (Å²) in [6.45, 7) is 1.85. The van der Waals surface area contributed by atoms with E-state index in [0.717, 1.165) is 22.0 Å². The molecule has 5 heteroatoms. The number of benzene rings is 1. The van der Waals surface area contributed by atoms with Gasteiger partial charge in [0.05, 0.1) is 12.1 Å². The molecule has 0 saturated heterocycles. The van der Waals surface area contributed by atoms with Crippen molar-refractivity contribution in [1.82, 2.24) is 10.3 Å². The standard InChI is InChI=1S/C19H18N2O2S/c1-19(23,15-9-11-24-12-15)13-21-18(22)7-6-14-8-10-20-17-5-3-2-4-16(14)17/h2-12,23H,13H2,1H3,(H,21,22)/b7-6+/t19-/m0/s1. The first-order chi connectivity index (χ1) is 11.6. The second-order valence-electron chi connectivity index (χ2n) is 5.75. The highest BCUT2D eigenvalue weighted by Gasteiger charge is 2.23. The maximum Gasteiger partial charge on any atom is 0.244 e. The van der Waals surface area contributed by atoms with E-state index in [2.05, 4.69) is 10.3 Å². The van der Waals surface area contributed by atoms with Crippen molar-refractivity contribution >= 4 is 34.2 Å². The Balaban J connectivity index is 1.67. The number of pyridine rings is 1. The molecule has 0 unspecified atom stereocenters. The van der Waals surface area contributed by atoms with Gasteiger partial charge in [0.2, 0.25) is 5.91 Å². The molecule has 0 fully saturated rings. The summed E-state index contributed by atoms with van der Waals surface area (Å²) in [7, 11) is 0. The molecule has 0 radical (unpaired) electrons. The zero-order valence-corrected chi connectivity index (χ0v) is 14.1. The van der Waals surface area contributed by atoms with E-state index >= 15 is 0 Å². The minimum atomic E-state index is -1.08. The fourth-order valence-electron chi connectivity index (χ4n) is 2.42. The average Bonchev–Trinajstić information content (AvgIpc) is 3.14. The number of aliphatic hydroxyl groups is 1. The molecule has 122 valence electrons. The third-order valence-electron chi connectivity index (χ3n) is 3.85. The number of hydrogen-bond acceptors (Lipinski definition) is 4. The van der Waals surface area contributed by atoms with Crippen LogP contribution in [0.2, 0.25) is 0 Å². The molecule has 3 aromatic rings. The third kappa shape index (κ3) is 3.69. The van der Waals surface area contributed by atoms with Crippen molar-refractivity contribution in [2.24, 2.45) is 0 Å². The van der Waals surface area contributed by atoms with Gasteiger partial charge < -0.3 is 10.4 Å². The van der Waals surface area contributed by atoms with Gasteiger partial charge >= 0.3 is 0 Å². The number of aromatic nitrogens is 1. The van der Waals surface area contributed by atoms with E-state index in [4.69, 9.17) is 0 Å². The van der Waals surface area contributed by atoms with Crippen LogP contribution in [0.15, 0.2) is 59.4 Å². The quantitative estimate of drug-likeness (QED) is 0.702. The lowest BCUT2D eigenvalue weighted by atomic mass is 9.99. The second kappa shape index (κ2) is 6.95. The van der Waals surface area contributed by atoms with Gasteiger partial charge in [-0.05, 0) is 53.1 Å². The van der Waals surface area contributed by atoms with E-state index in [1.807, 2.05) is 47.2 Å². The lowest BCUT2D eigenvalue weighted by molar-refractivity contribution is -0.117. The molecule has 0 bridgehead atoms. The Labute approximate surface area is 144 Å². The predicted molar refractivity (Wildman–Crippen MR) is 97.7 cm³/mol. The molecule has 1 amide bonds. The fraction of sp³-hybridized carbons (Fsp3) is 0.158. The van der Waals surface area contributed by atoms with Gasteiger partial charge in [-0.15, -0.1) is 0 Å². The van der Waals surface area contributed by atoms with Gasteiger partial charge in [-0.2, -0.15) is 11.3 Å². The molecule has 24 heavy (non-hydrogen) atoms. The molecule has 0 aliphatic rings. The molecule has 2 aromatic heterocycles. The SMILES string of the molecule is C[C@](O)(CNC(=O)/C=C/c1ccnc2ccccc12)c1ccsc1. The van der Waals surface area contributed by atoms with Gasteiger partial charge in [0.1, 0.15) is 5.60 Å². The van der Waals surface area contributed by atoms with E-state index in [1.54, 1.807) is 19.2 Å². The molecule has 4 nitrogen and oxygen atoms in total. The van der Waals surface area contributed by atoms with Crippen molar-refractivity contribution in [3.63, 3.8) is 0 Å². The molecule has 0 saturated carbocycles. The zero-order chi connectivity index (χ0) is 17.0. The van der Waals surface area contributed by atoms with Crippen LogP contribution in [-0.4, -0.2) is 22.5 Å². The Kier molecular flexibility index (Phi) is 4.74. The molecular weight excluding hydrogens is 320 g/mol. The summed E-state index contributed by atoms with van der Waals surface area (Å²) >= 11 is 1.52. The number of para-hydroxylation sites is 1. The lowest BCUT2D eigenvalue weighted by Gasteiger charge is -2.22. The van der Waals surface area contributed by atoms with Crippen molar-refractivity contribution in [2.75, 3.05) is 6.54 Å². The number of nitrogens with zero attached hydrogens (tertiary/aromatic N) is 1. The highest BCUT2D eigenvalue weighted by atomic mass is 32.1. The van der Waals surface area contributed by atoms with E-state index in [-0.39, 0.29) is 12.5 Å². The number of carbonyl (C=O) groups is 1. The largest absolute Gasteiger partial charge is 0.384 e. The number of nitrogens with one attached hydrogen (secondary N) is 1. The van der Waals surface area contributed by atoms with Crippen molar-refractivity contribution < 1.29 is 9.90 Å². The van der Waals surface area contributed by atoms with E-state index in [9.17, 15) is 9.90 Å². The normalized spacial score (nSPS) is 13.9. The molecule has 2 heterocycles. The summed E-state index contributed by atoms with van der Waals surface area (Å²) in [4.78, 5) is 16.3. The van der Waals surface area contributed by atoms with Gasteiger partial charge in [0.25, 0.3) is 0 Å². The van der Waals surface area contributed by atoms with E-state index in [0.29, 0.717) is 0 Å². The van der Waals surface area contributed by atoms with Crippen molar-refractivity contribution in [1.29, 1.82) is 0 Å². The number of thiophene rings is 1. The minimum absolute atomic E-state index is 0.157. The average molecular weight is 338 g/mol. The van der Waals surface area contributed by atoms with Crippen molar-refractivity contribution in [3.05, 3.63) is 70.6 Å². The van der Waals surface area contributed by atoms with Crippen LogP contribution in [-0.2, 0) is 10.4 Å². The molecule has 0 aliphatic heterocycles. The number of carbonyl (C=O) groups excluding carboxylic acids is 1. The predicted octanol–water partition coefficient (Wildman–Crippen LogP) is 3.33. The minimum Gasteiger partial charge on any atom is -0.384 e. The summed E-state index contributed by atoms with van der Waals surface area (Å²) in [5.41, 5.74) is 1.55. The summed E-state index contributed by atoms with van der Waals surface area (Å²) in [6.07, 6.45) is 4.96. The van der Waals surface area contributed by atoms with Crippen molar-refractivity contribution in [2.45, 2.75) is 12.5 Å². The van der Waals surface area contributed by atoms with Crippen molar-refractivity contribution in [3.8, 4) is 0 Å². The number of amides is 1. The summed E-state index contributed by atoms with van der Waals surface area (Å²) in [6, 6.07) is 11.5. The third-order valence-corrected chi connectivity index (χ3v) is 4.53. The molecule has 3 rings (SSSR count). The van der Waals surface area contributed by atoms with E-state index in [1.165, 1.54) is 17.4 Å². The van der Waals surface area contributed by atoms with Crippen LogP contribution in [0, 0.1) is 0 Å². The van der Waals surface area contributed by atoms with Crippen LogP contribution in [0.5, 0.6) is 0 Å². The number of fused-ring (bicyclic) bond motifs is 1. The van der Waals surface area contributed by atoms with Gasteiger partial charge in [-0.3, -0.25) is 9.78 Å². The Bertz CT molecular complexity index is 865. The highest BCUT2D eigenvalue weighted by Crippen LogP contribution is 2.22. The van der Waals surface area contributed by atoms with Crippen LogP contribution in [0.1, 0.15) is 18.1 Å². The van der Waals surface area contributed by atoms with Gasteiger partial charge in [-0.1, -0.05) is 18.2 Å². The number of hydrogen-bond donors (Lipinski definition) is 2. The topological polar surface area (TPSA) is 62.2 Å². The van der Waals surface area contributed by atoms with Gasteiger partial charge in [0.15, 0.2) is 0 Å². The Morgan fingerprint density at radius 3 is 2.96 bits per heavy atom. The van der Waals surface area contributed by atoms with E-state index < -0.39 is 5.60 Å². The Morgan fingerprint density at radius 1 is 1.33 bits per heavy atom. The molecular formula is C19H18N2O2S. The monoisotopic (exact) mass is 338 g/mol. The Hall–Kier alpha value is -2.50. The van der Waals surface area contributed by atoms with Crippen LogP contribution in [0.4, 0.5) is 0 Å². The first-order valence-corrected chi connectivity index (χ1v) is 8.55. The first-order valence-electron chi connectivity index (χ1n) is 7.61. The second-order valence-corrected chi connectivity index (χ2v) is 6.53. The van der Waals surface area contributed by atoms with Gasteiger partial charge in [0, 0.05) is 17.7 Å². The number of rotatable bonds is 5. The molecule has 2 N–H and O–H groups in total. The smallest absolute Gasteiger partial charge is 0.244 e. The lowest BCUT2D eigenvalue weighted by Crippen LogP contribution is -2.37. The first kappa shape index (κ1) is 16.4. The molecule has 0 spiro atoms. The van der Waals surface area contributed by atoms with Crippen LogP contribution < -0.4 is 5.32 Å². The maximum atomic E-state index is 12.0. The Morgan fingerprint density at radius 2 is 2.17 bits per heavy atom. The highest BCUT2D eigenvalue weighted by molar-refractivity contribution is 7.08. The summed E-state index contributed by atoms with van der Waals surface area (Å²) in [5.74, 6) is -0.244. The van der Waals surface area contributed by atoms with Crippen LogP contribution in [0.25, 0.3) is 17.0 Å². The fourth-order valence-corrected chi connectivity index (χ4v) is 3.20.